The van der Waals surface area contributed by atoms with Crippen molar-refractivity contribution in [2.24, 2.45) is 0 Å². The second-order valence-electron chi connectivity index (χ2n) is 5.66. The lowest BCUT2D eigenvalue weighted by atomic mass is 10.2. The molecule has 0 saturated carbocycles. The van der Waals surface area contributed by atoms with E-state index in [2.05, 4.69) is 21.2 Å². The fraction of sp³-hybridized carbons (Fsp3) is 0.368. The molecule has 0 spiro atoms. The molecular weight excluding hydrogens is 441 g/mol. The summed E-state index contributed by atoms with van der Waals surface area (Å²) >= 11 is 15.7. The van der Waals surface area contributed by atoms with Crippen LogP contribution in [0.25, 0.3) is 0 Å². The number of nitrogens with one attached hydrogen (secondary N) is 1. The first-order valence-corrected chi connectivity index (χ1v) is 9.72. The monoisotopic (exact) mass is 461 g/mol. The van der Waals surface area contributed by atoms with E-state index in [4.69, 9.17) is 37.4 Å². The molecule has 4 nitrogen and oxygen atoms in total. The van der Waals surface area contributed by atoms with Crippen LogP contribution in [0, 0.1) is 0 Å². The van der Waals surface area contributed by atoms with Gasteiger partial charge in [-0.15, -0.1) is 0 Å². The van der Waals surface area contributed by atoms with Gasteiger partial charge in [0.2, 0.25) is 0 Å². The van der Waals surface area contributed by atoms with Gasteiger partial charge in [-0.25, -0.2) is 0 Å². The standard InChI is InChI=1S/C19H22BrCl2NO3/c1-24-7-3-6-23-11-13-8-16(20)19(18(9-13)25-2)26-12-14-4-5-15(21)10-17(14)22/h4-5,8-10,23H,3,6-7,11-12H2,1-2H3. The third-order valence-electron chi connectivity index (χ3n) is 3.71. The maximum absolute atomic E-state index is 6.20. The Morgan fingerprint density at radius 1 is 1.12 bits per heavy atom. The average molecular weight is 463 g/mol. The molecule has 2 aromatic carbocycles. The minimum Gasteiger partial charge on any atom is -0.493 e. The smallest absolute Gasteiger partial charge is 0.175 e. The lowest BCUT2D eigenvalue weighted by Gasteiger charge is -2.15. The predicted molar refractivity (Wildman–Crippen MR) is 110 cm³/mol. The Bertz CT molecular complexity index is 728. The molecule has 2 rings (SSSR count). The van der Waals surface area contributed by atoms with E-state index in [1.807, 2.05) is 18.2 Å². The number of hydrogen-bond donors (Lipinski definition) is 1. The summed E-state index contributed by atoms with van der Waals surface area (Å²) in [6.45, 7) is 2.70. The molecule has 0 atom stereocenters. The maximum Gasteiger partial charge on any atom is 0.175 e. The van der Waals surface area contributed by atoms with Crippen LogP contribution >= 0.6 is 39.1 Å². The lowest BCUT2D eigenvalue weighted by molar-refractivity contribution is 0.194. The van der Waals surface area contributed by atoms with Crippen LogP contribution in [0.15, 0.2) is 34.8 Å². The zero-order chi connectivity index (χ0) is 18.9. The summed E-state index contributed by atoms with van der Waals surface area (Å²) in [5.74, 6) is 1.31. The second kappa shape index (κ2) is 11.0. The van der Waals surface area contributed by atoms with Crippen molar-refractivity contribution in [1.29, 1.82) is 0 Å². The van der Waals surface area contributed by atoms with Crippen LogP contribution in [0.4, 0.5) is 0 Å². The summed E-state index contributed by atoms with van der Waals surface area (Å²) in [6, 6.07) is 9.32. The van der Waals surface area contributed by atoms with E-state index in [1.165, 1.54) is 0 Å². The number of halogens is 3. The molecule has 7 heteroatoms. The number of rotatable bonds is 10. The fourth-order valence-corrected chi connectivity index (χ4v) is 3.45. The molecule has 0 heterocycles. The summed E-state index contributed by atoms with van der Waals surface area (Å²) in [4.78, 5) is 0. The average Bonchev–Trinajstić information content (AvgIpc) is 2.61. The highest BCUT2D eigenvalue weighted by Gasteiger charge is 2.13. The molecule has 0 fully saturated rings. The van der Waals surface area contributed by atoms with Gasteiger partial charge in [0.25, 0.3) is 0 Å². The molecule has 0 aliphatic rings. The van der Waals surface area contributed by atoms with E-state index in [9.17, 15) is 0 Å². The molecule has 0 aromatic heterocycles. The summed E-state index contributed by atoms with van der Waals surface area (Å²) in [5, 5.41) is 4.55. The van der Waals surface area contributed by atoms with Gasteiger partial charge in [0, 0.05) is 35.9 Å². The van der Waals surface area contributed by atoms with Gasteiger partial charge in [0.15, 0.2) is 11.5 Å². The van der Waals surface area contributed by atoms with Gasteiger partial charge < -0.3 is 19.5 Å². The van der Waals surface area contributed by atoms with Crippen LogP contribution in [-0.2, 0) is 17.9 Å². The predicted octanol–water partition coefficient (Wildman–Crippen LogP) is 5.47. The van der Waals surface area contributed by atoms with Gasteiger partial charge in [-0.3, -0.25) is 0 Å². The highest BCUT2D eigenvalue weighted by Crippen LogP contribution is 2.37. The number of hydrogen-bond acceptors (Lipinski definition) is 4. The van der Waals surface area contributed by atoms with Crippen molar-refractivity contribution in [3.63, 3.8) is 0 Å². The molecule has 26 heavy (non-hydrogen) atoms. The highest BCUT2D eigenvalue weighted by atomic mass is 79.9. The van der Waals surface area contributed by atoms with Crippen molar-refractivity contribution >= 4 is 39.1 Å². The first-order valence-electron chi connectivity index (χ1n) is 8.18. The van der Waals surface area contributed by atoms with E-state index < -0.39 is 0 Å². The zero-order valence-electron chi connectivity index (χ0n) is 14.8. The van der Waals surface area contributed by atoms with E-state index >= 15 is 0 Å². The van der Waals surface area contributed by atoms with Gasteiger partial charge in [0.05, 0.1) is 11.6 Å². The van der Waals surface area contributed by atoms with Crippen LogP contribution < -0.4 is 14.8 Å². The molecule has 0 aliphatic carbocycles. The molecule has 0 saturated heterocycles. The Morgan fingerprint density at radius 3 is 2.62 bits per heavy atom. The number of methoxy groups -OCH3 is 2. The molecule has 0 unspecified atom stereocenters. The van der Waals surface area contributed by atoms with Crippen molar-refractivity contribution < 1.29 is 14.2 Å². The minimum atomic E-state index is 0.319. The molecule has 142 valence electrons. The molecule has 0 aliphatic heterocycles. The third kappa shape index (κ3) is 6.32. The van der Waals surface area contributed by atoms with E-state index in [1.54, 1.807) is 26.4 Å². The van der Waals surface area contributed by atoms with Crippen molar-refractivity contribution in [1.82, 2.24) is 5.32 Å². The molecule has 2 aromatic rings. The van der Waals surface area contributed by atoms with E-state index in [0.717, 1.165) is 41.7 Å². The van der Waals surface area contributed by atoms with Crippen molar-refractivity contribution in [2.75, 3.05) is 27.4 Å². The second-order valence-corrected chi connectivity index (χ2v) is 7.35. The summed E-state index contributed by atoms with van der Waals surface area (Å²) in [7, 11) is 3.33. The van der Waals surface area contributed by atoms with Crippen molar-refractivity contribution in [3.8, 4) is 11.5 Å². The SMILES string of the molecule is COCCCNCc1cc(Br)c(OCc2ccc(Cl)cc2Cl)c(OC)c1. The molecule has 1 N–H and O–H groups in total. The zero-order valence-corrected chi connectivity index (χ0v) is 17.9. The number of ether oxygens (including phenoxy) is 3. The number of benzene rings is 2. The van der Waals surface area contributed by atoms with E-state index in [-0.39, 0.29) is 0 Å². The Balaban J connectivity index is 2.03. The van der Waals surface area contributed by atoms with Crippen LogP contribution in [0.3, 0.4) is 0 Å². The Kier molecular flexibility index (Phi) is 9.02. The molecule has 0 amide bonds. The highest BCUT2D eigenvalue weighted by molar-refractivity contribution is 9.10. The van der Waals surface area contributed by atoms with E-state index in [0.29, 0.717) is 28.2 Å². The Morgan fingerprint density at radius 2 is 1.92 bits per heavy atom. The van der Waals surface area contributed by atoms with Gasteiger partial charge in [-0.2, -0.15) is 0 Å². The summed E-state index contributed by atoms with van der Waals surface area (Å²) in [6.07, 6.45) is 0.970. The van der Waals surface area contributed by atoms with Gasteiger partial charge in [-0.05, 0) is 58.7 Å². The van der Waals surface area contributed by atoms with Gasteiger partial charge in [0.1, 0.15) is 6.61 Å². The first-order chi connectivity index (χ1) is 12.5. The largest absolute Gasteiger partial charge is 0.493 e. The van der Waals surface area contributed by atoms with Crippen LogP contribution in [0.5, 0.6) is 11.5 Å². The quantitative estimate of drug-likeness (QED) is 0.475. The topological polar surface area (TPSA) is 39.7 Å². The summed E-state index contributed by atoms with van der Waals surface area (Å²) in [5.41, 5.74) is 1.96. The van der Waals surface area contributed by atoms with Crippen LogP contribution in [0.1, 0.15) is 17.5 Å². The normalized spacial score (nSPS) is 10.8. The molecule has 0 radical (unpaired) electrons. The maximum atomic E-state index is 6.20. The lowest BCUT2D eigenvalue weighted by Crippen LogP contribution is -2.16. The third-order valence-corrected chi connectivity index (χ3v) is 4.88. The van der Waals surface area contributed by atoms with Gasteiger partial charge >= 0.3 is 0 Å². The van der Waals surface area contributed by atoms with Crippen LogP contribution in [0.2, 0.25) is 10.0 Å². The van der Waals surface area contributed by atoms with Crippen LogP contribution in [-0.4, -0.2) is 27.4 Å². The fourth-order valence-electron chi connectivity index (χ4n) is 2.38. The Hall–Kier alpha value is -0.980. The van der Waals surface area contributed by atoms with Crippen molar-refractivity contribution in [3.05, 3.63) is 56.0 Å². The van der Waals surface area contributed by atoms with Crippen molar-refractivity contribution in [2.45, 2.75) is 19.6 Å². The first kappa shape index (κ1) is 21.3. The minimum absolute atomic E-state index is 0.319. The molecular formula is C19H22BrCl2NO3. The molecule has 0 bridgehead atoms. The van der Waals surface area contributed by atoms with Gasteiger partial charge in [-0.1, -0.05) is 29.3 Å². The Labute approximate surface area is 172 Å². The summed E-state index contributed by atoms with van der Waals surface area (Å²) < 4.78 is 17.3.